The Morgan fingerprint density at radius 1 is 1.69 bits per heavy atom. The van der Waals surface area contributed by atoms with Gasteiger partial charge in [-0.05, 0) is 47.2 Å². The number of pyridine rings is 1. The third-order valence-electron chi connectivity index (χ3n) is 1.60. The Kier molecular flexibility index (Phi) is 4.63. The molecule has 1 aromatic heterocycles. The number of carbonyl (C=O) groups is 1. The van der Waals surface area contributed by atoms with Gasteiger partial charge < -0.3 is 10.5 Å². The van der Waals surface area contributed by atoms with Gasteiger partial charge in [-0.25, -0.2) is 14.7 Å². The van der Waals surface area contributed by atoms with Crippen molar-refractivity contribution in [2.75, 3.05) is 11.5 Å². The standard InChI is InChI=1S/C9H10BrN3O2S/c1-2-15-9(14)13(8(11)16)7-5-3-4-6(10)12-7/h3-5H,2H2,1H3,(H2,11,16). The molecule has 0 saturated carbocycles. The fraction of sp³-hybridized carbons (Fsp3) is 0.222. The van der Waals surface area contributed by atoms with Crippen molar-refractivity contribution >= 4 is 45.2 Å². The van der Waals surface area contributed by atoms with Gasteiger partial charge in [-0.1, -0.05) is 6.07 Å². The molecule has 7 heteroatoms. The number of aromatic nitrogens is 1. The van der Waals surface area contributed by atoms with Gasteiger partial charge in [0, 0.05) is 0 Å². The highest BCUT2D eigenvalue weighted by Gasteiger charge is 2.20. The van der Waals surface area contributed by atoms with Crippen LogP contribution < -0.4 is 10.6 Å². The van der Waals surface area contributed by atoms with E-state index in [1.54, 1.807) is 25.1 Å². The predicted octanol–water partition coefficient (Wildman–Crippen LogP) is 2.05. The van der Waals surface area contributed by atoms with Gasteiger partial charge in [0.2, 0.25) is 0 Å². The molecule has 0 radical (unpaired) electrons. The summed E-state index contributed by atoms with van der Waals surface area (Å²) >= 11 is 7.97. The largest absolute Gasteiger partial charge is 0.449 e. The van der Waals surface area contributed by atoms with Gasteiger partial charge >= 0.3 is 6.09 Å². The summed E-state index contributed by atoms with van der Waals surface area (Å²) < 4.78 is 5.40. The Labute approximate surface area is 107 Å². The topological polar surface area (TPSA) is 68.5 Å². The molecule has 0 aliphatic rings. The number of nitrogens with zero attached hydrogens (tertiary/aromatic N) is 2. The summed E-state index contributed by atoms with van der Waals surface area (Å²) in [5.74, 6) is 0.320. The monoisotopic (exact) mass is 303 g/mol. The van der Waals surface area contributed by atoms with Crippen molar-refractivity contribution in [2.45, 2.75) is 6.92 Å². The van der Waals surface area contributed by atoms with E-state index >= 15 is 0 Å². The number of nitrogens with two attached hydrogens (primary N) is 1. The number of amides is 1. The number of halogens is 1. The van der Waals surface area contributed by atoms with Crippen molar-refractivity contribution in [1.29, 1.82) is 0 Å². The second kappa shape index (κ2) is 5.76. The summed E-state index contributed by atoms with van der Waals surface area (Å²) in [7, 11) is 0. The van der Waals surface area contributed by atoms with Crippen LogP contribution in [0.2, 0.25) is 0 Å². The smallest absolute Gasteiger partial charge is 0.422 e. The van der Waals surface area contributed by atoms with E-state index in [1.807, 2.05) is 0 Å². The lowest BCUT2D eigenvalue weighted by atomic mass is 10.4. The summed E-state index contributed by atoms with van der Waals surface area (Å²) in [5.41, 5.74) is 5.45. The van der Waals surface area contributed by atoms with Gasteiger partial charge in [-0.15, -0.1) is 0 Å². The zero-order valence-electron chi connectivity index (χ0n) is 8.51. The van der Waals surface area contributed by atoms with Crippen LogP contribution in [0.1, 0.15) is 6.92 Å². The molecule has 1 amide bonds. The Morgan fingerprint density at radius 3 is 2.88 bits per heavy atom. The highest BCUT2D eigenvalue weighted by Crippen LogP contribution is 2.15. The molecule has 16 heavy (non-hydrogen) atoms. The molecule has 86 valence electrons. The van der Waals surface area contributed by atoms with Crippen molar-refractivity contribution in [3.8, 4) is 0 Å². The first-order chi connectivity index (χ1) is 7.56. The Bertz CT molecular complexity index is 413. The number of hydrogen-bond donors (Lipinski definition) is 1. The van der Waals surface area contributed by atoms with E-state index in [2.05, 4.69) is 20.9 Å². The van der Waals surface area contributed by atoms with Crippen LogP contribution in [0, 0.1) is 0 Å². The molecule has 0 saturated heterocycles. The highest BCUT2D eigenvalue weighted by atomic mass is 79.9. The molecule has 2 N–H and O–H groups in total. The zero-order valence-corrected chi connectivity index (χ0v) is 10.9. The maximum Gasteiger partial charge on any atom is 0.422 e. The third kappa shape index (κ3) is 3.14. The van der Waals surface area contributed by atoms with Crippen molar-refractivity contribution in [1.82, 2.24) is 4.98 Å². The fourth-order valence-electron chi connectivity index (χ4n) is 1.01. The summed E-state index contributed by atoms with van der Waals surface area (Å²) in [6, 6.07) is 5.06. The van der Waals surface area contributed by atoms with E-state index in [0.29, 0.717) is 10.4 Å². The number of ether oxygens (including phenoxy) is 1. The lowest BCUT2D eigenvalue weighted by Crippen LogP contribution is -2.41. The van der Waals surface area contributed by atoms with Crippen LogP contribution in [0.5, 0.6) is 0 Å². The SMILES string of the molecule is CCOC(=O)N(C(N)=S)c1cccc(Br)n1. The fourth-order valence-corrected chi connectivity index (χ4v) is 1.51. The van der Waals surface area contributed by atoms with Crippen molar-refractivity contribution in [2.24, 2.45) is 5.73 Å². The molecule has 1 rings (SSSR count). The lowest BCUT2D eigenvalue weighted by molar-refractivity contribution is 0.163. The molecule has 1 aromatic rings. The van der Waals surface area contributed by atoms with Crippen molar-refractivity contribution in [3.63, 3.8) is 0 Å². The molecular formula is C9H10BrN3O2S. The van der Waals surface area contributed by atoms with Gasteiger partial charge in [0.25, 0.3) is 0 Å². The van der Waals surface area contributed by atoms with Crippen LogP contribution in [0.4, 0.5) is 10.6 Å². The minimum atomic E-state index is -0.638. The van der Waals surface area contributed by atoms with E-state index in [4.69, 9.17) is 22.7 Å². The van der Waals surface area contributed by atoms with Crippen LogP contribution in [0.3, 0.4) is 0 Å². The van der Waals surface area contributed by atoms with Crippen LogP contribution in [0.15, 0.2) is 22.8 Å². The van der Waals surface area contributed by atoms with Crippen LogP contribution >= 0.6 is 28.1 Å². The molecule has 0 spiro atoms. The molecule has 1 heterocycles. The van der Waals surface area contributed by atoms with E-state index in [-0.39, 0.29) is 11.7 Å². The first kappa shape index (κ1) is 12.9. The second-order valence-corrected chi connectivity index (χ2v) is 3.92. The van der Waals surface area contributed by atoms with E-state index in [9.17, 15) is 4.79 Å². The van der Waals surface area contributed by atoms with E-state index < -0.39 is 6.09 Å². The maximum absolute atomic E-state index is 11.6. The molecule has 5 nitrogen and oxygen atoms in total. The van der Waals surface area contributed by atoms with Gasteiger partial charge in [0.15, 0.2) is 5.11 Å². The molecule has 0 bridgehead atoms. The predicted molar refractivity (Wildman–Crippen MR) is 68.2 cm³/mol. The Balaban J connectivity index is 3.03. The summed E-state index contributed by atoms with van der Waals surface area (Å²) in [6.07, 6.45) is -0.638. The van der Waals surface area contributed by atoms with Gasteiger partial charge in [0.05, 0.1) is 6.61 Å². The maximum atomic E-state index is 11.6. The number of rotatable bonds is 2. The second-order valence-electron chi connectivity index (χ2n) is 2.69. The Morgan fingerprint density at radius 2 is 2.38 bits per heavy atom. The van der Waals surface area contributed by atoms with Crippen LogP contribution in [0.25, 0.3) is 0 Å². The van der Waals surface area contributed by atoms with Gasteiger partial charge in [-0.3, -0.25) is 0 Å². The lowest BCUT2D eigenvalue weighted by Gasteiger charge is -2.18. The first-order valence-corrected chi connectivity index (χ1v) is 5.65. The van der Waals surface area contributed by atoms with Crippen LogP contribution in [-0.4, -0.2) is 22.8 Å². The minimum absolute atomic E-state index is 0.107. The minimum Gasteiger partial charge on any atom is -0.449 e. The average molecular weight is 304 g/mol. The number of carbonyl (C=O) groups excluding carboxylic acids is 1. The number of hydrogen-bond acceptors (Lipinski definition) is 4. The summed E-state index contributed by atoms with van der Waals surface area (Å²) in [6.45, 7) is 1.94. The first-order valence-electron chi connectivity index (χ1n) is 4.45. The summed E-state index contributed by atoms with van der Waals surface area (Å²) in [4.78, 5) is 16.7. The van der Waals surface area contributed by atoms with E-state index in [0.717, 1.165) is 4.90 Å². The molecule has 0 fully saturated rings. The third-order valence-corrected chi connectivity index (χ3v) is 2.22. The Hall–Kier alpha value is -1.21. The normalized spacial score (nSPS) is 9.62. The van der Waals surface area contributed by atoms with Gasteiger partial charge in [-0.2, -0.15) is 0 Å². The average Bonchev–Trinajstić information content (AvgIpc) is 2.17. The van der Waals surface area contributed by atoms with Gasteiger partial charge in [0.1, 0.15) is 10.4 Å². The highest BCUT2D eigenvalue weighted by molar-refractivity contribution is 9.10. The van der Waals surface area contributed by atoms with Crippen LogP contribution in [-0.2, 0) is 4.74 Å². The number of anilines is 1. The molecule has 0 unspecified atom stereocenters. The van der Waals surface area contributed by atoms with Crippen molar-refractivity contribution < 1.29 is 9.53 Å². The molecule has 0 aliphatic heterocycles. The quantitative estimate of drug-likeness (QED) is 0.669. The molecule has 0 aromatic carbocycles. The van der Waals surface area contributed by atoms with Crippen molar-refractivity contribution in [3.05, 3.63) is 22.8 Å². The molecular weight excluding hydrogens is 294 g/mol. The van der Waals surface area contributed by atoms with E-state index in [1.165, 1.54) is 0 Å². The summed E-state index contributed by atoms with van der Waals surface area (Å²) in [5, 5.41) is -0.107. The number of thiocarbonyl (C=S) groups is 1. The zero-order chi connectivity index (χ0) is 12.1. The molecule has 0 aliphatic carbocycles. The molecule has 0 atom stereocenters.